The van der Waals surface area contributed by atoms with E-state index in [-0.39, 0.29) is 5.91 Å². The fraction of sp³-hybridized carbons (Fsp3) is 0.381. The zero-order valence-electron chi connectivity index (χ0n) is 16.8. The third kappa shape index (κ3) is 4.30. The predicted molar refractivity (Wildman–Crippen MR) is 114 cm³/mol. The van der Waals surface area contributed by atoms with Gasteiger partial charge in [0.15, 0.2) is 0 Å². The summed E-state index contributed by atoms with van der Waals surface area (Å²) in [4.78, 5) is 17.2. The van der Waals surface area contributed by atoms with E-state index < -0.39 is 10.0 Å². The van der Waals surface area contributed by atoms with E-state index in [0.29, 0.717) is 29.9 Å². The van der Waals surface area contributed by atoms with Crippen molar-refractivity contribution in [3.05, 3.63) is 58.7 Å². The maximum absolute atomic E-state index is 13.0. The molecule has 0 radical (unpaired) electrons. The lowest BCUT2D eigenvalue weighted by Gasteiger charge is -2.37. The molecule has 7 heteroatoms. The minimum Gasteiger partial charge on any atom is -0.368 e. The minimum absolute atomic E-state index is 0.0599. The summed E-state index contributed by atoms with van der Waals surface area (Å²) in [6.07, 6.45) is 1.10. The molecule has 0 saturated carbocycles. The van der Waals surface area contributed by atoms with Gasteiger partial charge in [0, 0.05) is 37.4 Å². The van der Waals surface area contributed by atoms with Crippen LogP contribution in [-0.4, -0.2) is 51.7 Å². The van der Waals surface area contributed by atoms with E-state index in [4.69, 9.17) is 0 Å². The van der Waals surface area contributed by atoms with Crippen LogP contribution in [0.25, 0.3) is 0 Å². The molecule has 0 atom stereocenters. The molecule has 3 rings (SSSR count). The molecule has 2 aromatic rings. The Kier molecular flexibility index (Phi) is 5.65. The standard InChI is InChI=1S/C21H27N3O3S/c1-15-7-5-10-20(16(15)2)23-11-13-24(14-12-23)21(25)18-8-6-9-19(17(18)3)22-28(4,26)27/h5-10,22H,11-14H2,1-4H3. The summed E-state index contributed by atoms with van der Waals surface area (Å²) in [7, 11) is -3.39. The van der Waals surface area contributed by atoms with Gasteiger partial charge in [-0.25, -0.2) is 8.42 Å². The number of carbonyl (C=O) groups excluding carboxylic acids is 1. The summed E-state index contributed by atoms with van der Waals surface area (Å²) in [5, 5.41) is 0. The average Bonchev–Trinajstić information content (AvgIpc) is 2.64. The molecule has 1 aliphatic heterocycles. The van der Waals surface area contributed by atoms with Gasteiger partial charge < -0.3 is 9.80 Å². The number of benzene rings is 2. The van der Waals surface area contributed by atoms with Gasteiger partial charge in [-0.1, -0.05) is 18.2 Å². The van der Waals surface area contributed by atoms with E-state index in [1.165, 1.54) is 16.8 Å². The third-order valence-corrected chi connectivity index (χ3v) is 5.93. The third-order valence-electron chi connectivity index (χ3n) is 5.34. The molecular formula is C21H27N3O3S. The summed E-state index contributed by atoms with van der Waals surface area (Å²) >= 11 is 0. The number of sulfonamides is 1. The summed E-state index contributed by atoms with van der Waals surface area (Å²) in [6.45, 7) is 8.83. The SMILES string of the molecule is Cc1cccc(N2CCN(C(=O)c3cccc(NS(C)(=O)=O)c3C)CC2)c1C. The Morgan fingerprint density at radius 3 is 2.21 bits per heavy atom. The highest BCUT2D eigenvalue weighted by Crippen LogP contribution is 2.25. The molecule has 1 heterocycles. The van der Waals surface area contributed by atoms with Crippen molar-refractivity contribution in [1.82, 2.24) is 4.90 Å². The quantitative estimate of drug-likeness (QED) is 0.855. The fourth-order valence-electron chi connectivity index (χ4n) is 3.58. The number of rotatable bonds is 4. The van der Waals surface area contributed by atoms with Crippen molar-refractivity contribution < 1.29 is 13.2 Å². The Hall–Kier alpha value is -2.54. The lowest BCUT2D eigenvalue weighted by Crippen LogP contribution is -2.49. The van der Waals surface area contributed by atoms with Crippen molar-refractivity contribution in [2.24, 2.45) is 0 Å². The first kappa shape index (κ1) is 20.2. The van der Waals surface area contributed by atoms with Crippen LogP contribution in [0.3, 0.4) is 0 Å². The zero-order valence-corrected chi connectivity index (χ0v) is 17.6. The van der Waals surface area contributed by atoms with Crippen molar-refractivity contribution in [2.75, 3.05) is 42.1 Å². The van der Waals surface area contributed by atoms with Crippen LogP contribution in [0.2, 0.25) is 0 Å². The number of hydrogen-bond donors (Lipinski definition) is 1. The van der Waals surface area contributed by atoms with Crippen LogP contribution < -0.4 is 9.62 Å². The van der Waals surface area contributed by atoms with Crippen LogP contribution in [0.5, 0.6) is 0 Å². The normalized spacial score (nSPS) is 14.9. The zero-order chi connectivity index (χ0) is 20.5. The second-order valence-electron chi connectivity index (χ2n) is 7.35. The summed E-state index contributed by atoms with van der Waals surface area (Å²) in [5.41, 5.74) is 5.40. The van der Waals surface area contributed by atoms with Crippen LogP contribution in [0.4, 0.5) is 11.4 Å². The van der Waals surface area contributed by atoms with E-state index >= 15 is 0 Å². The maximum Gasteiger partial charge on any atom is 0.254 e. The predicted octanol–water partition coefficient (Wildman–Crippen LogP) is 2.95. The summed E-state index contributed by atoms with van der Waals surface area (Å²) < 4.78 is 25.6. The lowest BCUT2D eigenvalue weighted by molar-refractivity contribution is 0.0746. The molecule has 0 spiro atoms. The van der Waals surface area contributed by atoms with Crippen molar-refractivity contribution >= 4 is 27.3 Å². The molecule has 1 N–H and O–H groups in total. The van der Waals surface area contributed by atoms with Gasteiger partial charge in [0.05, 0.1) is 11.9 Å². The molecule has 0 bridgehead atoms. The molecule has 2 aromatic carbocycles. The first-order valence-corrected chi connectivity index (χ1v) is 11.2. The topological polar surface area (TPSA) is 69.7 Å². The van der Waals surface area contributed by atoms with Crippen molar-refractivity contribution in [3.63, 3.8) is 0 Å². The van der Waals surface area contributed by atoms with Gasteiger partial charge >= 0.3 is 0 Å². The fourth-order valence-corrected chi connectivity index (χ4v) is 4.20. The van der Waals surface area contributed by atoms with E-state index in [1.807, 2.05) is 4.90 Å². The van der Waals surface area contributed by atoms with Gasteiger partial charge in [0.25, 0.3) is 5.91 Å². The first-order valence-electron chi connectivity index (χ1n) is 9.35. The minimum atomic E-state index is -3.39. The smallest absolute Gasteiger partial charge is 0.254 e. The number of amides is 1. The number of anilines is 2. The van der Waals surface area contributed by atoms with Gasteiger partial charge in [-0.05, 0) is 55.7 Å². The van der Waals surface area contributed by atoms with Gasteiger partial charge in [-0.2, -0.15) is 0 Å². The van der Waals surface area contributed by atoms with Gasteiger partial charge in [0.2, 0.25) is 10.0 Å². The lowest BCUT2D eigenvalue weighted by atomic mass is 10.0. The second-order valence-corrected chi connectivity index (χ2v) is 9.10. The number of carbonyl (C=O) groups is 1. The Morgan fingerprint density at radius 2 is 1.57 bits per heavy atom. The molecule has 1 aliphatic rings. The van der Waals surface area contributed by atoms with Gasteiger partial charge in [0.1, 0.15) is 0 Å². The summed E-state index contributed by atoms with van der Waals surface area (Å²) in [5.74, 6) is -0.0599. The highest BCUT2D eigenvalue weighted by Gasteiger charge is 2.25. The molecule has 0 aromatic heterocycles. The van der Waals surface area contributed by atoms with Crippen molar-refractivity contribution in [2.45, 2.75) is 20.8 Å². The Bertz CT molecular complexity index is 994. The first-order chi connectivity index (χ1) is 13.2. The molecule has 1 amide bonds. The van der Waals surface area contributed by atoms with Crippen LogP contribution in [0.1, 0.15) is 27.0 Å². The van der Waals surface area contributed by atoms with Crippen LogP contribution in [-0.2, 0) is 10.0 Å². The average molecular weight is 402 g/mol. The van der Waals surface area contributed by atoms with Gasteiger partial charge in [-0.15, -0.1) is 0 Å². The number of hydrogen-bond acceptors (Lipinski definition) is 4. The highest BCUT2D eigenvalue weighted by molar-refractivity contribution is 7.92. The van der Waals surface area contributed by atoms with Crippen LogP contribution in [0, 0.1) is 20.8 Å². The van der Waals surface area contributed by atoms with E-state index in [0.717, 1.165) is 19.3 Å². The Morgan fingerprint density at radius 1 is 0.929 bits per heavy atom. The van der Waals surface area contributed by atoms with Gasteiger partial charge in [-0.3, -0.25) is 9.52 Å². The number of nitrogens with one attached hydrogen (secondary N) is 1. The molecule has 6 nitrogen and oxygen atoms in total. The molecule has 0 unspecified atom stereocenters. The van der Waals surface area contributed by atoms with E-state index in [9.17, 15) is 13.2 Å². The maximum atomic E-state index is 13.0. The highest BCUT2D eigenvalue weighted by atomic mass is 32.2. The van der Waals surface area contributed by atoms with E-state index in [2.05, 4.69) is 41.7 Å². The molecule has 1 fully saturated rings. The number of nitrogens with zero attached hydrogens (tertiary/aromatic N) is 2. The Labute approximate surface area is 167 Å². The molecular weight excluding hydrogens is 374 g/mol. The number of piperazine rings is 1. The second kappa shape index (κ2) is 7.83. The molecule has 0 aliphatic carbocycles. The van der Waals surface area contributed by atoms with Crippen molar-refractivity contribution in [1.29, 1.82) is 0 Å². The molecule has 28 heavy (non-hydrogen) atoms. The molecule has 1 saturated heterocycles. The largest absolute Gasteiger partial charge is 0.368 e. The molecule has 150 valence electrons. The summed E-state index contributed by atoms with van der Waals surface area (Å²) in [6, 6.07) is 11.4. The van der Waals surface area contributed by atoms with Crippen LogP contribution >= 0.6 is 0 Å². The van der Waals surface area contributed by atoms with Crippen LogP contribution in [0.15, 0.2) is 36.4 Å². The Balaban J connectivity index is 1.74. The monoisotopic (exact) mass is 401 g/mol. The number of aryl methyl sites for hydroxylation is 1. The van der Waals surface area contributed by atoms with E-state index in [1.54, 1.807) is 25.1 Å². The van der Waals surface area contributed by atoms with Crippen molar-refractivity contribution in [3.8, 4) is 0 Å².